The van der Waals surface area contributed by atoms with Crippen LogP contribution in [0.3, 0.4) is 0 Å². The SMILES string of the molecule is O=C(N[C@H]1CCN(Cc2ccccc2)C1)c1cc2c(F)cccc2s1. The summed E-state index contributed by atoms with van der Waals surface area (Å²) < 4.78 is 14.6. The third kappa shape index (κ3) is 3.57. The maximum atomic E-state index is 13.8. The highest BCUT2D eigenvalue weighted by molar-refractivity contribution is 7.20. The van der Waals surface area contributed by atoms with E-state index in [1.807, 2.05) is 24.3 Å². The lowest BCUT2D eigenvalue weighted by Crippen LogP contribution is -2.36. The maximum Gasteiger partial charge on any atom is 0.261 e. The average Bonchev–Trinajstić information content (AvgIpc) is 3.23. The first-order chi connectivity index (χ1) is 12.2. The number of thiophene rings is 1. The summed E-state index contributed by atoms with van der Waals surface area (Å²) in [7, 11) is 0. The molecule has 1 atom stereocenters. The minimum absolute atomic E-state index is 0.104. The van der Waals surface area contributed by atoms with Crippen LogP contribution in [0.1, 0.15) is 21.7 Å². The molecule has 1 N–H and O–H groups in total. The molecule has 0 unspecified atom stereocenters. The van der Waals surface area contributed by atoms with Crippen LogP contribution in [0.2, 0.25) is 0 Å². The predicted molar refractivity (Wildman–Crippen MR) is 99.4 cm³/mol. The molecular weight excluding hydrogens is 335 g/mol. The summed E-state index contributed by atoms with van der Waals surface area (Å²) in [6.45, 7) is 2.72. The normalized spacial score (nSPS) is 17.9. The van der Waals surface area contributed by atoms with Gasteiger partial charge >= 0.3 is 0 Å². The molecule has 4 rings (SSSR count). The summed E-state index contributed by atoms with van der Waals surface area (Å²) >= 11 is 1.34. The van der Waals surface area contributed by atoms with Gasteiger partial charge in [0.25, 0.3) is 5.91 Å². The second-order valence-corrected chi connectivity index (χ2v) is 7.53. The second-order valence-electron chi connectivity index (χ2n) is 6.44. The Labute approximate surface area is 150 Å². The molecule has 0 bridgehead atoms. The average molecular weight is 354 g/mol. The second kappa shape index (κ2) is 6.94. The molecule has 2 aromatic carbocycles. The van der Waals surface area contributed by atoms with Crippen molar-refractivity contribution in [3.8, 4) is 0 Å². The van der Waals surface area contributed by atoms with Crippen molar-refractivity contribution in [3.63, 3.8) is 0 Å². The molecule has 1 aromatic heterocycles. The maximum absolute atomic E-state index is 13.8. The Kier molecular flexibility index (Phi) is 4.51. The van der Waals surface area contributed by atoms with Crippen LogP contribution >= 0.6 is 11.3 Å². The van der Waals surface area contributed by atoms with E-state index in [9.17, 15) is 9.18 Å². The van der Waals surface area contributed by atoms with Crippen molar-refractivity contribution in [3.05, 3.63) is 70.9 Å². The fourth-order valence-corrected chi connectivity index (χ4v) is 4.31. The molecule has 0 saturated carbocycles. The number of carbonyl (C=O) groups is 1. The molecule has 1 aliphatic rings. The minimum Gasteiger partial charge on any atom is -0.347 e. The van der Waals surface area contributed by atoms with E-state index in [4.69, 9.17) is 0 Å². The van der Waals surface area contributed by atoms with Crippen LogP contribution < -0.4 is 5.32 Å². The van der Waals surface area contributed by atoms with E-state index in [1.165, 1.54) is 23.0 Å². The standard InChI is InChI=1S/C20H19FN2OS/c21-17-7-4-8-18-16(17)11-19(25-18)20(24)22-15-9-10-23(13-15)12-14-5-2-1-3-6-14/h1-8,11,15H,9-10,12-13H2,(H,22,24)/t15-/m0/s1. The van der Waals surface area contributed by atoms with Crippen LogP contribution in [0, 0.1) is 5.82 Å². The third-order valence-corrected chi connectivity index (χ3v) is 5.69. The number of fused-ring (bicyclic) bond motifs is 1. The highest BCUT2D eigenvalue weighted by Gasteiger charge is 2.25. The zero-order chi connectivity index (χ0) is 17.2. The molecule has 0 radical (unpaired) electrons. The minimum atomic E-state index is -0.275. The van der Waals surface area contributed by atoms with Crippen LogP contribution in [0.25, 0.3) is 10.1 Å². The van der Waals surface area contributed by atoms with Gasteiger partial charge in [0, 0.05) is 35.8 Å². The quantitative estimate of drug-likeness (QED) is 0.767. The number of hydrogen-bond donors (Lipinski definition) is 1. The van der Waals surface area contributed by atoms with Crippen molar-refractivity contribution in [1.29, 1.82) is 0 Å². The van der Waals surface area contributed by atoms with Crippen molar-refractivity contribution in [2.75, 3.05) is 13.1 Å². The van der Waals surface area contributed by atoms with E-state index in [0.29, 0.717) is 10.3 Å². The fraction of sp³-hybridized carbons (Fsp3) is 0.250. The van der Waals surface area contributed by atoms with Crippen molar-refractivity contribution in [2.45, 2.75) is 19.0 Å². The zero-order valence-corrected chi connectivity index (χ0v) is 14.6. The molecule has 25 heavy (non-hydrogen) atoms. The smallest absolute Gasteiger partial charge is 0.261 e. The third-order valence-electron chi connectivity index (χ3n) is 4.59. The van der Waals surface area contributed by atoms with Crippen LogP contribution in [0.5, 0.6) is 0 Å². The Hall–Kier alpha value is -2.24. The number of likely N-dealkylation sites (tertiary alicyclic amines) is 1. The Bertz CT molecular complexity index is 893. The fourth-order valence-electron chi connectivity index (χ4n) is 3.33. The summed E-state index contributed by atoms with van der Waals surface area (Å²) in [6.07, 6.45) is 0.942. The summed E-state index contributed by atoms with van der Waals surface area (Å²) in [5.41, 5.74) is 1.29. The van der Waals surface area contributed by atoms with E-state index >= 15 is 0 Å². The molecule has 2 heterocycles. The Morgan fingerprint density at radius 1 is 1.20 bits per heavy atom. The molecule has 1 amide bonds. The van der Waals surface area contributed by atoms with Gasteiger partial charge in [-0.3, -0.25) is 9.69 Å². The summed E-state index contributed by atoms with van der Waals surface area (Å²) in [6, 6.07) is 17.1. The van der Waals surface area contributed by atoms with Gasteiger partial charge < -0.3 is 5.32 Å². The van der Waals surface area contributed by atoms with Crippen LogP contribution in [-0.2, 0) is 6.54 Å². The van der Waals surface area contributed by atoms with Crippen LogP contribution in [0.4, 0.5) is 4.39 Å². The first-order valence-corrected chi connectivity index (χ1v) is 9.26. The number of carbonyl (C=O) groups excluding carboxylic acids is 1. The molecule has 3 aromatic rings. The molecule has 5 heteroatoms. The van der Waals surface area contributed by atoms with E-state index in [1.54, 1.807) is 12.1 Å². The van der Waals surface area contributed by atoms with Crippen molar-refractivity contribution in [1.82, 2.24) is 10.2 Å². The van der Waals surface area contributed by atoms with Gasteiger partial charge in [-0.1, -0.05) is 36.4 Å². The summed E-state index contributed by atoms with van der Waals surface area (Å²) in [5.74, 6) is -0.380. The Morgan fingerprint density at radius 3 is 2.84 bits per heavy atom. The molecule has 1 fully saturated rings. The highest BCUT2D eigenvalue weighted by atomic mass is 32.1. The molecule has 3 nitrogen and oxygen atoms in total. The lowest BCUT2D eigenvalue weighted by molar-refractivity contribution is 0.0942. The largest absolute Gasteiger partial charge is 0.347 e. The van der Waals surface area contributed by atoms with Crippen LogP contribution in [-0.4, -0.2) is 29.9 Å². The number of halogens is 1. The van der Waals surface area contributed by atoms with Gasteiger partial charge in [0.15, 0.2) is 0 Å². The Morgan fingerprint density at radius 2 is 2.04 bits per heavy atom. The lowest BCUT2D eigenvalue weighted by Gasteiger charge is -2.16. The van der Waals surface area contributed by atoms with Crippen molar-refractivity contribution >= 4 is 27.3 Å². The van der Waals surface area contributed by atoms with Crippen molar-refractivity contribution < 1.29 is 9.18 Å². The zero-order valence-electron chi connectivity index (χ0n) is 13.7. The molecule has 128 valence electrons. The predicted octanol–water partition coefficient (Wildman–Crippen LogP) is 4.04. The van der Waals surface area contributed by atoms with Gasteiger partial charge in [0.2, 0.25) is 0 Å². The number of nitrogens with zero attached hydrogens (tertiary/aromatic N) is 1. The Balaban J connectivity index is 1.38. The number of benzene rings is 2. The summed E-state index contributed by atoms with van der Waals surface area (Å²) in [5, 5.41) is 3.62. The number of nitrogens with one attached hydrogen (secondary N) is 1. The van der Waals surface area contributed by atoms with Gasteiger partial charge in [-0.25, -0.2) is 4.39 Å². The van der Waals surface area contributed by atoms with Gasteiger partial charge in [-0.15, -0.1) is 11.3 Å². The van der Waals surface area contributed by atoms with Gasteiger partial charge in [-0.2, -0.15) is 0 Å². The first-order valence-electron chi connectivity index (χ1n) is 8.44. The van der Waals surface area contributed by atoms with Gasteiger partial charge in [0.05, 0.1) is 4.88 Å². The molecular formula is C20H19FN2OS. The number of amides is 1. The molecule has 0 spiro atoms. The van der Waals surface area contributed by atoms with Gasteiger partial charge in [-0.05, 0) is 30.2 Å². The highest BCUT2D eigenvalue weighted by Crippen LogP contribution is 2.27. The molecule has 1 saturated heterocycles. The summed E-state index contributed by atoms with van der Waals surface area (Å²) in [4.78, 5) is 15.4. The first kappa shape index (κ1) is 16.2. The van der Waals surface area contributed by atoms with E-state index in [-0.39, 0.29) is 17.8 Å². The van der Waals surface area contributed by atoms with E-state index < -0.39 is 0 Å². The van der Waals surface area contributed by atoms with Crippen LogP contribution in [0.15, 0.2) is 54.6 Å². The van der Waals surface area contributed by atoms with E-state index in [2.05, 4.69) is 22.3 Å². The van der Waals surface area contributed by atoms with Gasteiger partial charge in [0.1, 0.15) is 5.82 Å². The molecule has 1 aliphatic heterocycles. The number of hydrogen-bond acceptors (Lipinski definition) is 3. The molecule has 0 aliphatic carbocycles. The van der Waals surface area contributed by atoms with E-state index in [0.717, 1.165) is 30.8 Å². The lowest BCUT2D eigenvalue weighted by atomic mass is 10.2. The number of rotatable bonds is 4. The monoisotopic (exact) mass is 354 g/mol. The van der Waals surface area contributed by atoms with Crippen molar-refractivity contribution in [2.24, 2.45) is 0 Å². The topological polar surface area (TPSA) is 32.3 Å².